The molecule has 1 saturated heterocycles. The van der Waals surface area contributed by atoms with Gasteiger partial charge in [-0.3, -0.25) is 4.79 Å². The summed E-state index contributed by atoms with van der Waals surface area (Å²) >= 11 is 1.51. The first-order valence-corrected chi connectivity index (χ1v) is 7.69. The molecule has 2 heterocycles. The lowest BCUT2D eigenvalue weighted by Gasteiger charge is -2.36. The molecule has 3 rings (SSSR count). The SMILES string of the molecule is CC1(O)CCN(c2cc(N)c(C(=O)C3CC3)s2)CC1. The second kappa shape index (κ2) is 4.49. The van der Waals surface area contributed by atoms with Crippen LogP contribution in [0, 0.1) is 5.92 Å². The number of rotatable bonds is 3. The largest absolute Gasteiger partial charge is 0.397 e. The molecule has 0 aromatic carbocycles. The molecule has 0 unspecified atom stereocenters. The van der Waals surface area contributed by atoms with Crippen LogP contribution in [0.4, 0.5) is 10.7 Å². The van der Waals surface area contributed by atoms with Crippen molar-refractivity contribution in [3.8, 4) is 0 Å². The van der Waals surface area contributed by atoms with Crippen molar-refractivity contribution >= 4 is 27.8 Å². The number of nitrogen functional groups attached to an aromatic ring is 1. The molecule has 0 bridgehead atoms. The van der Waals surface area contributed by atoms with Crippen LogP contribution in [0.1, 0.15) is 42.3 Å². The molecule has 1 aromatic rings. The van der Waals surface area contributed by atoms with E-state index in [-0.39, 0.29) is 11.7 Å². The van der Waals surface area contributed by atoms with Crippen LogP contribution in [0.3, 0.4) is 0 Å². The van der Waals surface area contributed by atoms with Gasteiger partial charge in [-0.05, 0) is 38.7 Å². The van der Waals surface area contributed by atoms with Gasteiger partial charge in [0.05, 0.1) is 21.2 Å². The van der Waals surface area contributed by atoms with E-state index >= 15 is 0 Å². The van der Waals surface area contributed by atoms with Crippen molar-refractivity contribution in [2.75, 3.05) is 23.7 Å². The fourth-order valence-corrected chi connectivity index (χ4v) is 3.63. The maximum absolute atomic E-state index is 12.1. The van der Waals surface area contributed by atoms with E-state index in [1.165, 1.54) is 11.3 Å². The third-order valence-corrected chi connectivity index (χ3v) is 5.30. The van der Waals surface area contributed by atoms with Crippen molar-refractivity contribution < 1.29 is 9.90 Å². The highest BCUT2D eigenvalue weighted by Crippen LogP contribution is 2.40. The van der Waals surface area contributed by atoms with E-state index in [2.05, 4.69) is 4.90 Å². The van der Waals surface area contributed by atoms with Gasteiger partial charge in [-0.2, -0.15) is 0 Å². The Kier molecular flexibility index (Phi) is 3.06. The summed E-state index contributed by atoms with van der Waals surface area (Å²) < 4.78 is 0. The number of anilines is 2. The van der Waals surface area contributed by atoms with E-state index in [4.69, 9.17) is 5.73 Å². The predicted molar refractivity (Wildman–Crippen MR) is 77.9 cm³/mol. The van der Waals surface area contributed by atoms with Crippen molar-refractivity contribution in [3.63, 3.8) is 0 Å². The zero-order valence-corrected chi connectivity index (χ0v) is 12.0. The lowest BCUT2D eigenvalue weighted by Crippen LogP contribution is -2.42. The summed E-state index contributed by atoms with van der Waals surface area (Å²) in [5, 5.41) is 11.0. The Bertz CT molecular complexity index is 496. The summed E-state index contributed by atoms with van der Waals surface area (Å²) in [6, 6.07) is 1.92. The summed E-state index contributed by atoms with van der Waals surface area (Å²) in [7, 11) is 0. The predicted octanol–water partition coefficient (Wildman–Crippen LogP) is 2.27. The number of hydrogen-bond donors (Lipinski definition) is 2. The number of carbonyl (C=O) groups excluding carboxylic acids is 1. The van der Waals surface area contributed by atoms with Crippen LogP contribution in [-0.2, 0) is 0 Å². The highest BCUT2D eigenvalue weighted by molar-refractivity contribution is 7.18. The van der Waals surface area contributed by atoms with Crippen molar-refractivity contribution in [2.24, 2.45) is 5.92 Å². The van der Waals surface area contributed by atoms with Gasteiger partial charge in [0.2, 0.25) is 0 Å². The van der Waals surface area contributed by atoms with Crippen molar-refractivity contribution in [1.29, 1.82) is 0 Å². The molecule has 19 heavy (non-hydrogen) atoms. The Morgan fingerprint density at radius 3 is 2.68 bits per heavy atom. The Labute approximate surface area is 117 Å². The lowest BCUT2D eigenvalue weighted by atomic mass is 9.94. The number of Topliss-reactive ketones (excluding diaryl/α,β-unsaturated/α-hetero) is 1. The number of ketones is 1. The maximum Gasteiger partial charge on any atom is 0.178 e. The van der Waals surface area contributed by atoms with Gasteiger partial charge in [0.1, 0.15) is 0 Å². The van der Waals surface area contributed by atoms with E-state index < -0.39 is 5.60 Å². The third-order valence-electron chi connectivity index (χ3n) is 4.07. The average molecular weight is 280 g/mol. The Hall–Kier alpha value is -1.07. The summed E-state index contributed by atoms with van der Waals surface area (Å²) in [5.41, 5.74) is 6.05. The first-order chi connectivity index (χ1) is 8.96. The first kappa shape index (κ1) is 12.9. The van der Waals surface area contributed by atoms with Crippen LogP contribution < -0.4 is 10.6 Å². The molecule has 0 spiro atoms. The standard InChI is InChI=1S/C14H20N2O2S/c1-14(18)4-6-16(7-5-14)11-8-10(15)13(19-11)12(17)9-2-3-9/h8-9,18H,2-7,15H2,1H3. The minimum atomic E-state index is -0.550. The fourth-order valence-electron chi connectivity index (χ4n) is 2.48. The Morgan fingerprint density at radius 2 is 2.11 bits per heavy atom. The molecule has 0 amide bonds. The van der Waals surface area contributed by atoms with Gasteiger partial charge >= 0.3 is 0 Å². The van der Waals surface area contributed by atoms with Gasteiger partial charge in [0.25, 0.3) is 0 Å². The van der Waals surface area contributed by atoms with E-state index in [1.54, 1.807) is 0 Å². The minimum absolute atomic E-state index is 0.218. The minimum Gasteiger partial charge on any atom is -0.397 e. The summed E-state index contributed by atoms with van der Waals surface area (Å²) in [6.07, 6.45) is 3.55. The van der Waals surface area contributed by atoms with Crippen LogP contribution in [0.25, 0.3) is 0 Å². The molecule has 0 radical (unpaired) electrons. The van der Waals surface area contributed by atoms with E-state index in [0.717, 1.165) is 48.7 Å². The highest BCUT2D eigenvalue weighted by atomic mass is 32.1. The molecule has 0 atom stereocenters. The Morgan fingerprint density at radius 1 is 1.47 bits per heavy atom. The molecule has 1 aromatic heterocycles. The third kappa shape index (κ3) is 2.62. The number of hydrogen-bond acceptors (Lipinski definition) is 5. The Balaban J connectivity index is 1.75. The van der Waals surface area contributed by atoms with Crippen LogP contribution >= 0.6 is 11.3 Å². The molecular formula is C14H20N2O2S. The molecule has 2 fully saturated rings. The topological polar surface area (TPSA) is 66.6 Å². The van der Waals surface area contributed by atoms with Gasteiger partial charge in [0.15, 0.2) is 5.78 Å². The summed E-state index contributed by atoms with van der Waals surface area (Å²) in [4.78, 5) is 15.1. The van der Waals surface area contributed by atoms with Crippen molar-refractivity contribution in [3.05, 3.63) is 10.9 Å². The second-order valence-corrected chi connectivity index (χ2v) is 7.02. The zero-order chi connectivity index (χ0) is 13.6. The van der Waals surface area contributed by atoms with Crippen molar-refractivity contribution in [2.45, 2.75) is 38.2 Å². The molecule has 2 aliphatic rings. The normalized spacial score (nSPS) is 22.5. The molecule has 1 saturated carbocycles. The van der Waals surface area contributed by atoms with E-state index in [1.807, 2.05) is 13.0 Å². The van der Waals surface area contributed by atoms with Gasteiger partial charge in [0, 0.05) is 19.0 Å². The first-order valence-electron chi connectivity index (χ1n) is 6.87. The van der Waals surface area contributed by atoms with E-state index in [9.17, 15) is 9.90 Å². The average Bonchev–Trinajstić information content (AvgIpc) is 3.12. The molecule has 1 aliphatic carbocycles. The number of thiophene rings is 1. The second-order valence-electron chi connectivity index (χ2n) is 5.99. The summed E-state index contributed by atoms with van der Waals surface area (Å²) in [6.45, 7) is 3.53. The van der Waals surface area contributed by atoms with Crippen molar-refractivity contribution in [1.82, 2.24) is 0 Å². The molecule has 4 nitrogen and oxygen atoms in total. The molecular weight excluding hydrogens is 260 g/mol. The monoisotopic (exact) mass is 280 g/mol. The number of piperidine rings is 1. The van der Waals surface area contributed by atoms with E-state index in [0.29, 0.717) is 5.69 Å². The molecule has 104 valence electrons. The molecule has 5 heteroatoms. The smallest absolute Gasteiger partial charge is 0.178 e. The van der Waals surface area contributed by atoms with Crippen LogP contribution in [0.15, 0.2) is 6.07 Å². The quantitative estimate of drug-likeness (QED) is 0.834. The van der Waals surface area contributed by atoms with Gasteiger partial charge in [-0.25, -0.2) is 0 Å². The summed E-state index contributed by atoms with van der Waals surface area (Å²) in [5.74, 6) is 0.439. The zero-order valence-electron chi connectivity index (χ0n) is 11.2. The van der Waals surface area contributed by atoms with Gasteiger partial charge in [-0.15, -0.1) is 11.3 Å². The van der Waals surface area contributed by atoms with Crippen LogP contribution in [0.2, 0.25) is 0 Å². The lowest BCUT2D eigenvalue weighted by molar-refractivity contribution is 0.0352. The number of nitrogens with zero attached hydrogens (tertiary/aromatic N) is 1. The van der Waals surface area contributed by atoms with Crippen LogP contribution in [0.5, 0.6) is 0 Å². The van der Waals surface area contributed by atoms with Gasteiger partial charge < -0.3 is 15.7 Å². The number of aliphatic hydroxyl groups is 1. The van der Waals surface area contributed by atoms with Crippen LogP contribution in [-0.4, -0.2) is 29.6 Å². The molecule has 3 N–H and O–H groups in total. The number of carbonyl (C=O) groups is 1. The highest BCUT2D eigenvalue weighted by Gasteiger charge is 2.34. The molecule has 1 aliphatic heterocycles. The van der Waals surface area contributed by atoms with Gasteiger partial charge in [-0.1, -0.05) is 0 Å². The number of nitrogens with two attached hydrogens (primary N) is 1. The fraction of sp³-hybridized carbons (Fsp3) is 0.643. The maximum atomic E-state index is 12.1.